The van der Waals surface area contributed by atoms with Crippen LogP contribution in [0.3, 0.4) is 0 Å². The maximum Gasteiger partial charge on any atom is 0.0698 e. The van der Waals surface area contributed by atoms with Gasteiger partial charge in [-0.25, -0.2) is 0 Å². The van der Waals surface area contributed by atoms with Crippen LogP contribution in [0.25, 0.3) is 0 Å². The van der Waals surface area contributed by atoms with Crippen LogP contribution in [0.5, 0.6) is 0 Å². The Balaban J connectivity index is 2.15. The molecular formula is C14H23N3O. The number of hydrogen-bond acceptors (Lipinski definition) is 4. The van der Waals surface area contributed by atoms with Gasteiger partial charge in [0.05, 0.1) is 6.10 Å². The Kier molecular flexibility index (Phi) is 4.69. The summed E-state index contributed by atoms with van der Waals surface area (Å²) in [6.07, 6.45) is 6.33. The van der Waals surface area contributed by atoms with Crippen LogP contribution in [0, 0.1) is 0 Å². The smallest absolute Gasteiger partial charge is 0.0698 e. The SMILES string of the molecule is COC1CCCN(C(c2ccncc2)C(C)N)C1. The van der Waals surface area contributed by atoms with Gasteiger partial charge in [-0.2, -0.15) is 0 Å². The van der Waals surface area contributed by atoms with E-state index in [1.165, 1.54) is 12.0 Å². The first-order valence-electron chi connectivity index (χ1n) is 6.64. The molecule has 1 aromatic rings. The first kappa shape index (κ1) is 13.5. The van der Waals surface area contributed by atoms with Crippen molar-refractivity contribution in [2.24, 2.45) is 5.73 Å². The lowest BCUT2D eigenvalue weighted by molar-refractivity contribution is 0.0103. The Bertz CT molecular complexity index is 355. The Morgan fingerprint density at radius 1 is 1.44 bits per heavy atom. The van der Waals surface area contributed by atoms with Crippen molar-refractivity contribution in [3.8, 4) is 0 Å². The van der Waals surface area contributed by atoms with Gasteiger partial charge in [-0.15, -0.1) is 0 Å². The molecule has 2 N–H and O–H groups in total. The van der Waals surface area contributed by atoms with Crippen LogP contribution in [0.1, 0.15) is 31.4 Å². The molecule has 0 aliphatic carbocycles. The first-order valence-corrected chi connectivity index (χ1v) is 6.64. The van der Waals surface area contributed by atoms with Crippen LogP contribution in [0.4, 0.5) is 0 Å². The van der Waals surface area contributed by atoms with Crippen LogP contribution in [0.15, 0.2) is 24.5 Å². The minimum Gasteiger partial charge on any atom is -0.380 e. The van der Waals surface area contributed by atoms with Crippen molar-refractivity contribution < 1.29 is 4.74 Å². The number of ether oxygens (including phenoxy) is 1. The van der Waals surface area contributed by atoms with Crippen molar-refractivity contribution in [3.63, 3.8) is 0 Å². The summed E-state index contributed by atoms with van der Waals surface area (Å²) < 4.78 is 5.49. The molecule has 1 saturated heterocycles. The van der Waals surface area contributed by atoms with E-state index in [1.54, 1.807) is 7.11 Å². The van der Waals surface area contributed by atoms with E-state index in [2.05, 4.69) is 28.9 Å². The molecule has 0 amide bonds. The fourth-order valence-electron chi connectivity index (χ4n) is 2.82. The van der Waals surface area contributed by atoms with E-state index in [0.29, 0.717) is 6.10 Å². The lowest BCUT2D eigenvalue weighted by Crippen LogP contribution is -2.46. The van der Waals surface area contributed by atoms with E-state index in [1.807, 2.05) is 12.4 Å². The third kappa shape index (κ3) is 3.07. The Morgan fingerprint density at radius 2 is 2.17 bits per heavy atom. The number of nitrogens with two attached hydrogens (primary N) is 1. The molecule has 100 valence electrons. The monoisotopic (exact) mass is 249 g/mol. The van der Waals surface area contributed by atoms with Gasteiger partial charge in [0.15, 0.2) is 0 Å². The second-order valence-corrected chi connectivity index (χ2v) is 5.08. The highest BCUT2D eigenvalue weighted by Crippen LogP contribution is 2.27. The van der Waals surface area contributed by atoms with Crippen molar-refractivity contribution >= 4 is 0 Å². The minimum absolute atomic E-state index is 0.100. The maximum atomic E-state index is 6.18. The van der Waals surface area contributed by atoms with Gasteiger partial charge in [-0.1, -0.05) is 0 Å². The van der Waals surface area contributed by atoms with E-state index < -0.39 is 0 Å². The van der Waals surface area contributed by atoms with E-state index in [4.69, 9.17) is 10.5 Å². The summed E-state index contributed by atoms with van der Waals surface area (Å²) in [6, 6.07) is 4.48. The fourth-order valence-corrected chi connectivity index (χ4v) is 2.82. The van der Waals surface area contributed by atoms with E-state index in [-0.39, 0.29) is 12.1 Å². The molecule has 0 bridgehead atoms. The van der Waals surface area contributed by atoms with Crippen LogP contribution < -0.4 is 5.73 Å². The third-order valence-electron chi connectivity index (χ3n) is 3.68. The molecule has 2 rings (SSSR count). The van der Waals surface area contributed by atoms with E-state index in [9.17, 15) is 0 Å². The molecule has 3 unspecified atom stereocenters. The van der Waals surface area contributed by atoms with Gasteiger partial charge in [0.1, 0.15) is 0 Å². The van der Waals surface area contributed by atoms with Gasteiger partial charge in [-0.05, 0) is 44.0 Å². The zero-order valence-electron chi connectivity index (χ0n) is 11.2. The molecule has 18 heavy (non-hydrogen) atoms. The summed E-state index contributed by atoms with van der Waals surface area (Å²) in [7, 11) is 1.79. The first-order chi connectivity index (χ1) is 8.72. The van der Waals surface area contributed by atoms with Crippen LogP contribution in [-0.2, 0) is 4.74 Å². The maximum absolute atomic E-state index is 6.18. The van der Waals surface area contributed by atoms with Gasteiger partial charge in [-0.3, -0.25) is 9.88 Å². The van der Waals surface area contributed by atoms with Gasteiger partial charge in [0.25, 0.3) is 0 Å². The standard InChI is InChI=1S/C14H23N3O/c1-11(15)14(12-5-7-16-8-6-12)17-9-3-4-13(10-17)18-2/h5-8,11,13-14H,3-4,9-10,15H2,1-2H3. The normalized spacial score (nSPS) is 24.7. The topological polar surface area (TPSA) is 51.4 Å². The zero-order valence-corrected chi connectivity index (χ0v) is 11.2. The molecule has 1 aromatic heterocycles. The fraction of sp³-hybridized carbons (Fsp3) is 0.643. The molecule has 1 fully saturated rings. The number of nitrogens with zero attached hydrogens (tertiary/aromatic N) is 2. The van der Waals surface area contributed by atoms with E-state index >= 15 is 0 Å². The van der Waals surface area contributed by atoms with Crippen molar-refractivity contribution in [2.45, 2.75) is 38.0 Å². The number of piperidine rings is 1. The number of pyridine rings is 1. The molecule has 2 heterocycles. The lowest BCUT2D eigenvalue weighted by Gasteiger charge is -2.39. The lowest BCUT2D eigenvalue weighted by atomic mass is 9.97. The summed E-state index contributed by atoms with van der Waals surface area (Å²) in [5.74, 6) is 0. The Morgan fingerprint density at radius 3 is 2.78 bits per heavy atom. The highest BCUT2D eigenvalue weighted by molar-refractivity contribution is 5.17. The van der Waals surface area contributed by atoms with Crippen molar-refractivity contribution in [1.82, 2.24) is 9.88 Å². The largest absolute Gasteiger partial charge is 0.380 e. The molecule has 3 atom stereocenters. The summed E-state index contributed by atoms with van der Waals surface area (Å²) in [4.78, 5) is 6.52. The molecule has 0 radical (unpaired) electrons. The Labute approximate surface area is 109 Å². The molecule has 1 aliphatic heterocycles. The quantitative estimate of drug-likeness (QED) is 0.880. The number of likely N-dealkylation sites (tertiary alicyclic amines) is 1. The van der Waals surface area contributed by atoms with Crippen LogP contribution in [0.2, 0.25) is 0 Å². The number of methoxy groups -OCH3 is 1. The molecule has 4 nitrogen and oxygen atoms in total. The van der Waals surface area contributed by atoms with Crippen LogP contribution >= 0.6 is 0 Å². The van der Waals surface area contributed by atoms with Crippen LogP contribution in [-0.4, -0.2) is 42.2 Å². The average Bonchev–Trinajstić information content (AvgIpc) is 2.40. The predicted octanol–water partition coefficient (Wildman–Crippen LogP) is 1.58. The average molecular weight is 249 g/mol. The minimum atomic E-state index is 0.100. The summed E-state index contributed by atoms with van der Waals surface area (Å²) in [5.41, 5.74) is 7.43. The molecule has 0 aromatic carbocycles. The molecule has 0 saturated carbocycles. The van der Waals surface area contributed by atoms with Gasteiger partial charge in [0.2, 0.25) is 0 Å². The predicted molar refractivity (Wildman–Crippen MR) is 72.2 cm³/mol. The van der Waals surface area contributed by atoms with E-state index in [0.717, 1.165) is 19.5 Å². The van der Waals surface area contributed by atoms with Gasteiger partial charge >= 0.3 is 0 Å². The van der Waals surface area contributed by atoms with Gasteiger partial charge < -0.3 is 10.5 Å². The molecule has 0 spiro atoms. The third-order valence-corrected chi connectivity index (χ3v) is 3.68. The second-order valence-electron chi connectivity index (χ2n) is 5.08. The Hall–Kier alpha value is -0.970. The van der Waals surface area contributed by atoms with Crippen molar-refractivity contribution in [1.29, 1.82) is 0 Å². The zero-order chi connectivity index (χ0) is 13.0. The summed E-state index contributed by atoms with van der Waals surface area (Å²) in [5, 5.41) is 0. The molecular weight excluding hydrogens is 226 g/mol. The number of hydrogen-bond donors (Lipinski definition) is 1. The van der Waals surface area contributed by atoms with Gasteiger partial charge in [0, 0.05) is 38.1 Å². The highest BCUT2D eigenvalue weighted by atomic mass is 16.5. The molecule has 1 aliphatic rings. The molecule has 4 heteroatoms. The number of aromatic nitrogens is 1. The number of rotatable bonds is 4. The van der Waals surface area contributed by atoms with Crippen molar-refractivity contribution in [2.75, 3.05) is 20.2 Å². The second kappa shape index (κ2) is 6.27. The summed E-state index contributed by atoms with van der Waals surface area (Å²) in [6.45, 7) is 4.13. The van der Waals surface area contributed by atoms with Crippen molar-refractivity contribution in [3.05, 3.63) is 30.1 Å². The highest BCUT2D eigenvalue weighted by Gasteiger charge is 2.28. The summed E-state index contributed by atoms with van der Waals surface area (Å²) >= 11 is 0.